The number of para-hydroxylation sites is 2. The summed E-state index contributed by atoms with van der Waals surface area (Å²) in [5, 5.41) is 4.70. The first-order valence-electron chi connectivity index (χ1n) is 20.4. The predicted octanol–water partition coefficient (Wildman–Crippen LogP) is 7.32. The van der Waals surface area contributed by atoms with E-state index >= 15 is 0 Å². The van der Waals surface area contributed by atoms with Crippen molar-refractivity contribution in [1.82, 2.24) is 19.1 Å². The zero-order valence-corrected chi connectivity index (χ0v) is 34.6. The van der Waals surface area contributed by atoms with Gasteiger partial charge in [-0.25, -0.2) is 8.42 Å². The zero-order valence-electron chi connectivity index (χ0n) is 33.8. The highest BCUT2D eigenvalue weighted by Gasteiger charge is 2.34. The molecular formula is C48H48N5O6S+. The van der Waals surface area contributed by atoms with Gasteiger partial charge in [-0.15, -0.1) is 0 Å². The summed E-state index contributed by atoms with van der Waals surface area (Å²) >= 11 is 0. The SMILES string of the molecule is CN(c1ccccc1)c1ccc2c(-c3ccccc3S(=O)(=O)N3CCC(C(=O)NCCCCCN4C(=O)C=CC4=O)CC3)c3ccc(=[N+](C)c4ccccc4)cc-3oc2c1. The Hall–Kier alpha value is -6.37. The standard InChI is InChI=1S/C48H47N5O6S/c1-50(35-14-6-3-7-15-35)37-20-22-39-42(32-37)59-43-33-38(51(2)36-16-8-4-9-17-36)21-23-40(43)47(39)41-18-10-11-19-44(41)60(57,58)52-30-26-34(27-31-52)48(56)49-28-12-5-13-29-53-45(54)24-25-46(53)55/h3-4,6-11,14-25,32-34H,5,12-13,26-31H2,1-2H3/p+1. The van der Waals surface area contributed by atoms with Gasteiger partial charge in [0.25, 0.3) is 11.8 Å². The molecular weight excluding hydrogens is 775 g/mol. The number of benzene rings is 5. The average Bonchev–Trinajstić information content (AvgIpc) is 3.61. The monoisotopic (exact) mass is 822 g/mol. The predicted molar refractivity (Wildman–Crippen MR) is 234 cm³/mol. The van der Waals surface area contributed by atoms with E-state index in [9.17, 15) is 22.8 Å². The second kappa shape index (κ2) is 17.5. The highest BCUT2D eigenvalue weighted by atomic mass is 32.2. The van der Waals surface area contributed by atoms with E-state index in [0.29, 0.717) is 55.7 Å². The summed E-state index contributed by atoms with van der Waals surface area (Å²) in [5.74, 6) is -0.336. The number of rotatable bonds is 13. The minimum Gasteiger partial charge on any atom is -0.456 e. The Labute approximate surface area is 350 Å². The van der Waals surface area contributed by atoms with Crippen LogP contribution in [0.3, 0.4) is 0 Å². The van der Waals surface area contributed by atoms with Crippen LogP contribution in [0.5, 0.6) is 0 Å². The maximum Gasteiger partial charge on any atom is 0.253 e. The summed E-state index contributed by atoms with van der Waals surface area (Å²) in [6.45, 7) is 1.28. The summed E-state index contributed by atoms with van der Waals surface area (Å²) in [4.78, 5) is 40.2. The summed E-state index contributed by atoms with van der Waals surface area (Å²) in [6.07, 6.45) is 5.51. The number of amides is 3. The number of piperidine rings is 1. The first-order chi connectivity index (χ1) is 29.1. The van der Waals surface area contributed by atoms with Crippen molar-refractivity contribution >= 4 is 55.8 Å². The summed E-state index contributed by atoms with van der Waals surface area (Å²) < 4.78 is 39.7. The van der Waals surface area contributed by atoms with Gasteiger partial charge in [-0.3, -0.25) is 19.3 Å². The minimum atomic E-state index is -3.99. The molecule has 0 saturated carbocycles. The number of unbranched alkanes of at least 4 members (excludes halogenated alkanes) is 2. The van der Waals surface area contributed by atoms with Crippen LogP contribution in [0.2, 0.25) is 0 Å². The second-order valence-electron chi connectivity index (χ2n) is 15.3. The molecule has 1 fully saturated rings. The number of nitrogens with one attached hydrogen (secondary N) is 1. The third-order valence-electron chi connectivity index (χ3n) is 11.6. The highest BCUT2D eigenvalue weighted by Crippen LogP contribution is 2.44. The molecule has 0 radical (unpaired) electrons. The van der Waals surface area contributed by atoms with Crippen LogP contribution in [0, 0.1) is 5.92 Å². The van der Waals surface area contributed by atoms with Gasteiger partial charge in [-0.05, 0) is 68.5 Å². The van der Waals surface area contributed by atoms with E-state index in [1.807, 2.05) is 123 Å². The van der Waals surface area contributed by atoms with Gasteiger partial charge in [0.15, 0.2) is 0 Å². The number of fused-ring (bicyclic) bond motifs is 2. The molecule has 1 aliphatic carbocycles. The van der Waals surface area contributed by atoms with Gasteiger partial charge < -0.3 is 14.6 Å². The van der Waals surface area contributed by atoms with Crippen LogP contribution in [-0.2, 0) is 24.4 Å². The third-order valence-corrected chi connectivity index (χ3v) is 13.6. The highest BCUT2D eigenvalue weighted by molar-refractivity contribution is 7.89. The van der Waals surface area contributed by atoms with Crippen LogP contribution >= 0.6 is 0 Å². The molecule has 0 aromatic heterocycles. The molecule has 306 valence electrons. The Bertz CT molecular complexity index is 2720. The van der Waals surface area contributed by atoms with E-state index < -0.39 is 10.0 Å². The summed E-state index contributed by atoms with van der Waals surface area (Å²) in [5.41, 5.74) is 5.68. The van der Waals surface area contributed by atoms with Gasteiger partial charge in [-0.2, -0.15) is 8.88 Å². The molecule has 4 aromatic rings. The molecule has 12 heteroatoms. The molecule has 0 atom stereocenters. The van der Waals surface area contributed by atoms with Crippen LogP contribution in [0.1, 0.15) is 32.1 Å². The number of hydrogen-bond acceptors (Lipinski definition) is 7. The lowest BCUT2D eigenvalue weighted by Crippen LogP contribution is -2.43. The Morgan fingerprint density at radius 2 is 1.47 bits per heavy atom. The minimum absolute atomic E-state index is 0.0814. The van der Waals surface area contributed by atoms with Crippen LogP contribution in [0.4, 0.5) is 17.1 Å². The first-order valence-corrected chi connectivity index (χ1v) is 21.9. The van der Waals surface area contributed by atoms with Crippen molar-refractivity contribution in [3.63, 3.8) is 0 Å². The lowest BCUT2D eigenvalue weighted by atomic mass is 9.93. The smallest absolute Gasteiger partial charge is 0.253 e. The number of carbonyl (C=O) groups is 3. The Balaban J connectivity index is 1.06. The Morgan fingerprint density at radius 3 is 2.20 bits per heavy atom. The topological polar surface area (TPSA) is 123 Å². The number of carbonyl (C=O) groups excluding carboxylic acids is 3. The summed E-state index contributed by atoms with van der Waals surface area (Å²) in [7, 11) is 0.0242. The van der Waals surface area contributed by atoms with E-state index in [2.05, 4.69) is 14.8 Å². The normalized spacial score (nSPS) is 15.5. The van der Waals surface area contributed by atoms with Crippen LogP contribution in [-0.4, -0.2) is 75.6 Å². The fourth-order valence-electron chi connectivity index (χ4n) is 8.15. The molecule has 60 heavy (non-hydrogen) atoms. The fourth-order valence-corrected chi connectivity index (χ4v) is 9.82. The van der Waals surface area contributed by atoms with Gasteiger partial charge in [0.1, 0.15) is 18.4 Å². The number of imide groups is 1. The van der Waals surface area contributed by atoms with Crippen molar-refractivity contribution < 1.29 is 27.2 Å². The van der Waals surface area contributed by atoms with Crippen LogP contribution in [0.25, 0.3) is 33.4 Å². The second-order valence-corrected chi connectivity index (χ2v) is 17.2. The quantitative estimate of drug-likeness (QED) is 0.0561. The van der Waals surface area contributed by atoms with E-state index in [4.69, 9.17) is 4.42 Å². The number of nitrogens with zero attached hydrogens (tertiary/aromatic N) is 4. The van der Waals surface area contributed by atoms with Gasteiger partial charge in [0, 0.05) is 109 Å². The van der Waals surface area contributed by atoms with Gasteiger partial charge in [-0.1, -0.05) is 54.6 Å². The molecule has 4 aliphatic rings. The molecule has 1 saturated heterocycles. The number of hydrogen-bond donors (Lipinski definition) is 1. The molecule has 8 rings (SSSR count). The van der Waals surface area contributed by atoms with E-state index in [-0.39, 0.29) is 41.6 Å². The summed E-state index contributed by atoms with van der Waals surface area (Å²) in [6, 6.07) is 39.4. The molecule has 4 aromatic carbocycles. The molecule has 0 spiro atoms. The van der Waals surface area contributed by atoms with Crippen molar-refractivity contribution in [3.05, 3.63) is 139 Å². The van der Waals surface area contributed by atoms with Crippen molar-refractivity contribution in [2.75, 3.05) is 45.2 Å². The third kappa shape index (κ3) is 8.25. The zero-order chi connectivity index (χ0) is 41.8. The van der Waals surface area contributed by atoms with Crippen molar-refractivity contribution in [3.8, 4) is 22.5 Å². The molecule has 1 N–H and O–H groups in total. The lowest BCUT2D eigenvalue weighted by molar-refractivity contribution is -0.136. The van der Waals surface area contributed by atoms with Crippen molar-refractivity contribution in [2.45, 2.75) is 37.0 Å². The van der Waals surface area contributed by atoms with Crippen LogP contribution in [0.15, 0.2) is 143 Å². The lowest BCUT2D eigenvalue weighted by Gasteiger charge is -2.31. The average molecular weight is 823 g/mol. The van der Waals surface area contributed by atoms with Gasteiger partial charge in [0.05, 0.1) is 11.0 Å². The molecule has 0 unspecified atom stereocenters. The van der Waals surface area contributed by atoms with E-state index in [0.717, 1.165) is 45.4 Å². The maximum absolute atomic E-state index is 14.7. The van der Waals surface area contributed by atoms with Gasteiger partial charge in [0.2, 0.25) is 27.0 Å². The fraction of sp³-hybridized carbons (Fsp3) is 0.250. The number of anilines is 2. The number of sulfonamides is 1. The molecule has 3 aliphatic heterocycles. The van der Waals surface area contributed by atoms with Gasteiger partial charge >= 0.3 is 0 Å². The first kappa shape index (κ1) is 40.4. The van der Waals surface area contributed by atoms with Crippen LogP contribution < -0.4 is 20.1 Å². The maximum atomic E-state index is 14.7. The van der Waals surface area contributed by atoms with E-state index in [1.165, 1.54) is 21.4 Å². The van der Waals surface area contributed by atoms with Crippen molar-refractivity contribution in [2.24, 2.45) is 5.92 Å². The molecule has 3 heterocycles. The largest absolute Gasteiger partial charge is 0.456 e. The molecule has 3 amide bonds. The molecule has 11 nitrogen and oxygen atoms in total. The Kier molecular flexibility index (Phi) is 11.8. The van der Waals surface area contributed by atoms with E-state index in [1.54, 1.807) is 12.1 Å². The Morgan fingerprint density at radius 1 is 0.783 bits per heavy atom. The van der Waals surface area contributed by atoms with Crippen molar-refractivity contribution in [1.29, 1.82) is 0 Å². The molecule has 0 bridgehead atoms.